The molecule has 0 radical (unpaired) electrons. The molecular formula is C24H27N3O3. The predicted molar refractivity (Wildman–Crippen MR) is 115 cm³/mol. The van der Waals surface area contributed by atoms with Crippen molar-refractivity contribution >= 4 is 10.8 Å². The summed E-state index contributed by atoms with van der Waals surface area (Å²) in [5, 5.41) is 14.2. The molecule has 0 aliphatic carbocycles. The second-order valence-corrected chi connectivity index (χ2v) is 8.42. The van der Waals surface area contributed by atoms with Gasteiger partial charge < -0.3 is 14.6 Å². The van der Waals surface area contributed by atoms with Crippen LogP contribution in [0.15, 0.2) is 48.7 Å². The minimum absolute atomic E-state index is 0.246. The molecule has 2 atom stereocenters. The summed E-state index contributed by atoms with van der Waals surface area (Å²) in [5.41, 5.74) is 1.02. The molecule has 2 bridgehead atoms. The Labute approximate surface area is 176 Å². The van der Waals surface area contributed by atoms with Gasteiger partial charge in [-0.05, 0) is 42.0 Å². The molecule has 1 N–H and O–H groups in total. The van der Waals surface area contributed by atoms with Gasteiger partial charge in [0.25, 0.3) is 0 Å². The molecule has 30 heavy (non-hydrogen) atoms. The van der Waals surface area contributed by atoms with E-state index in [-0.39, 0.29) is 6.01 Å². The summed E-state index contributed by atoms with van der Waals surface area (Å²) in [6.45, 7) is 0.906. The third-order valence-corrected chi connectivity index (χ3v) is 6.76. The minimum atomic E-state index is -0.987. The number of ether oxygens (including phenoxy) is 2. The number of aliphatic hydroxyl groups is 1. The lowest BCUT2D eigenvalue weighted by atomic mass is 9.81. The van der Waals surface area contributed by atoms with Gasteiger partial charge in [0.15, 0.2) is 0 Å². The quantitative estimate of drug-likeness (QED) is 0.699. The van der Waals surface area contributed by atoms with Crippen molar-refractivity contribution in [2.24, 2.45) is 0 Å². The van der Waals surface area contributed by atoms with Crippen molar-refractivity contribution in [3.63, 3.8) is 0 Å². The van der Waals surface area contributed by atoms with E-state index in [1.165, 1.54) is 23.4 Å². The van der Waals surface area contributed by atoms with Gasteiger partial charge in [-0.1, -0.05) is 42.5 Å². The zero-order valence-corrected chi connectivity index (χ0v) is 17.4. The van der Waals surface area contributed by atoms with Gasteiger partial charge in [-0.15, -0.1) is 0 Å². The van der Waals surface area contributed by atoms with Crippen LogP contribution < -0.4 is 9.47 Å². The van der Waals surface area contributed by atoms with Crippen LogP contribution in [0.3, 0.4) is 0 Å². The molecule has 0 saturated carbocycles. The molecular weight excluding hydrogens is 378 g/mol. The van der Waals surface area contributed by atoms with Crippen molar-refractivity contribution in [3.8, 4) is 11.9 Å². The van der Waals surface area contributed by atoms with Crippen LogP contribution in [0.5, 0.6) is 11.9 Å². The summed E-state index contributed by atoms with van der Waals surface area (Å²) in [7, 11) is 3.09. The Morgan fingerprint density at radius 2 is 1.77 bits per heavy atom. The monoisotopic (exact) mass is 405 g/mol. The Kier molecular flexibility index (Phi) is 4.83. The van der Waals surface area contributed by atoms with Crippen molar-refractivity contribution in [1.29, 1.82) is 0 Å². The Hall–Kier alpha value is -2.70. The zero-order valence-electron chi connectivity index (χ0n) is 17.4. The summed E-state index contributed by atoms with van der Waals surface area (Å²) in [6.07, 6.45) is 5.15. The van der Waals surface area contributed by atoms with Crippen molar-refractivity contribution in [1.82, 2.24) is 14.9 Å². The highest BCUT2D eigenvalue weighted by Crippen LogP contribution is 2.48. The molecule has 2 saturated heterocycles. The lowest BCUT2D eigenvalue weighted by Crippen LogP contribution is -2.49. The molecule has 2 aromatic carbocycles. The van der Waals surface area contributed by atoms with Crippen molar-refractivity contribution < 1.29 is 14.6 Å². The van der Waals surface area contributed by atoms with Crippen LogP contribution in [-0.2, 0) is 12.1 Å². The fourth-order valence-electron chi connectivity index (χ4n) is 5.35. The van der Waals surface area contributed by atoms with Gasteiger partial charge in [0, 0.05) is 24.8 Å². The summed E-state index contributed by atoms with van der Waals surface area (Å²) >= 11 is 0. The third kappa shape index (κ3) is 3.20. The Balaban J connectivity index is 1.42. The summed E-state index contributed by atoms with van der Waals surface area (Å²) < 4.78 is 10.6. The highest BCUT2D eigenvalue weighted by Gasteiger charge is 2.49. The first kappa shape index (κ1) is 19.3. The first-order valence-corrected chi connectivity index (χ1v) is 10.5. The lowest BCUT2D eigenvalue weighted by Gasteiger charge is -2.44. The van der Waals surface area contributed by atoms with E-state index in [4.69, 9.17) is 9.47 Å². The number of hydrogen-bond acceptors (Lipinski definition) is 6. The van der Waals surface area contributed by atoms with Gasteiger partial charge in [0.05, 0.1) is 25.4 Å². The first-order valence-electron chi connectivity index (χ1n) is 10.5. The lowest BCUT2D eigenvalue weighted by molar-refractivity contribution is -0.0611. The van der Waals surface area contributed by atoms with Crippen molar-refractivity contribution in [2.45, 2.75) is 49.9 Å². The van der Waals surface area contributed by atoms with E-state index >= 15 is 0 Å². The molecule has 6 heteroatoms. The van der Waals surface area contributed by atoms with E-state index in [0.717, 1.165) is 19.4 Å². The van der Waals surface area contributed by atoms with E-state index in [9.17, 15) is 5.11 Å². The fourth-order valence-corrected chi connectivity index (χ4v) is 5.35. The topological polar surface area (TPSA) is 67.7 Å². The number of nitrogens with zero attached hydrogens (tertiary/aromatic N) is 3. The Morgan fingerprint density at radius 1 is 1.03 bits per heavy atom. The second kappa shape index (κ2) is 7.52. The molecule has 0 amide bonds. The van der Waals surface area contributed by atoms with E-state index in [0.29, 0.717) is 36.4 Å². The molecule has 3 aromatic rings. The third-order valence-electron chi connectivity index (χ3n) is 6.76. The molecule has 156 valence electrons. The van der Waals surface area contributed by atoms with E-state index < -0.39 is 5.60 Å². The number of hydrogen-bond donors (Lipinski definition) is 1. The molecule has 0 spiro atoms. The van der Waals surface area contributed by atoms with Crippen LogP contribution in [0, 0.1) is 0 Å². The summed E-state index contributed by atoms with van der Waals surface area (Å²) in [5.74, 6) is 0.395. The largest absolute Gasteiger partial charge is 0.481 e. The smallest absolute Gasteiger partial charge is 0.319 e. The Morgan fingerprint density at radius 3 is 2.50 bits per heavy atom. The maximum Gasteiger partial charge on any atom is 0.319 e. The second-order valence-electron chi connectivity index (χ2n) is 8.42. The highest BCUT2D eigenvalue weighted by atomic mass is 16.5. The number of piperidine rings is 1. The van der Waals surface area contributed by atoms with E-state index in [1.54, 1.807) is 13.3 Å². The maximum absolute atomic E-state index is 11.6. The number of aromatic nitrogens is 2. The molecule has 5 rings (SSSR count). The minimum Gasteiger partial charge on any atom is -0.481 e. The van der Waals surface area contributed by atoms with Crippen LogP contribution in [0.4, 0.5) is 0 Å². The van der Waals surface area contributed by atoms with Crippen molar-refractivity contribution in [3.05, 3.63) is 59.8 Å². The van der Waals surface area contributed by atoms with Crippen molar-refractivity contribution in [2.75, 3.05) is 14.2 Å². The summed E-state index contributed by atoms with van der Waals surface area (Å²) in [6, 6.07) is 16.0. The maximum atomic E-state index is 11.6. The van der Waals surface area contributed by atoms with Gasteiger partial charge in [-0.25, -0.2) is 4.98 Å². The number of methoxy groups -OCH3 is 2. The zero-order chi connectivity index (χ0) is 20.7. The molecule has 2 aliphatic rings. The van der Waals surface area contributed by atoms with Gasteiger partial charge >= 0.3 is 6.01 Å². The highest BCUT2D eigenvalue weighted by molar-refractivity contribution is 5.85. The van der Waals surface area contributed by atoms with E-state index in [2.05, 4.69) is 57.3 Å². The molecule has 1 aromatic heterocycles. The average Bonchev–Trinajstić information content (AvgIpc) is 3.02. The molecule has 6 nitrogen and oxygen atoms in total. The number of fused-ring (bicyclic) bond motifs is 3. The normalized spacial score (nSPS) is 26.1. The predicted octanol–water partition coefficient (Wildman–Crippen LogP) is 3.66. The number of rotatable bonds is 5. The average molecular weight is 405 g/mol. The van der Waals surface area contributed by atoms with Gasteiger partial charge in [-0.2, -0.15) is 4.98 Å². The standard InChI is InChI=1S/C24H27N3O3/c1-29-22-21(14-25-23(26-22)30-2)24(28)12-18-10-11-19(13-24)27(18)15-17-8-5-7-16-6-3-4-9-20(16)17/h3-9,14,18-19,28H,10-13,15H2,1-2H3/t18-,19-/m0/s1. The summed E-state index contributed by atoms with van der Waals surface area (Å²) in [4.78, 5) is 11.1. The molecule has 0 unspecified atom stereocenters. The van der Waals surface area contributed by atoms with Crippen LogP contribution in [0.25, 0.3) is 10.8 Å². The molecule has 3 heterocycles. The molecule has 2 fully saturated rings. The first-order chi connectivity index (χ1) is 14.6. The van der Waals surface area contributed by atoms with Gasteiger partial charge in [0.2, 0.25) is 5.88 Å². The SMILES string of the molecule is COc1ncc(C2(O)C[C@@H]3CC[C@@H](C2)N3Cc2cccc3ccccc23)c(OC)n1. The fraction of sp³-hybridized carbons (Fsp3) is 0.417. The van der Waals surface area contributed by atoms with Gasteiger partial charge in [-0.3, -0.25) is 4.90 Å². The van der Waals surface area contributed by atoms with Crippen LogP contribution in [0.2, 0.25) is 0 Å². The van der Waals surface area contributed by atoms with Crippen LogP contribution in [0.1, 0.15) is 36.8 Å². The number of benzene rings is 2. The van der Waals surface area contributed by atoms with Gasteiger partial charge in [0.1, 0.15) is 0 Å². The van der Waals surface area contributed by atoms with Crippen LogP contribution >= 0.6 is 0 Å². The van der Waals surface area contributed by atoms with E-state index in [1.807, 2.05) is 0 Å². The van der Waals surface area contributed by atoms with Crippen LogP contribution in [-0.4, -0.2) is 46.3 Å². The molecule has 2 aliphatic heterocycles. The Bertz CT molecular complexity index is 1050.